The average molecular weight is 476 g/mol. The Balaban J connectivity index is 1.71. The minimum absolute atomic E-state index is 0.0670. The zero-order chi connectivity index (χ0) is 21.9. The maximum absolute atomic E-state index is 13.1. The number of nitrogens with zero attached hydrogens (tertiary/aromatic N) is 2. The van der Waals surface area contributed by atoms with Gasteiger partial charge < -0.3 is 0 Å². The summed E-state index contributed by atoms with van der Waals surface area (Å²) in [5.41, 5.74) is 1.21. The third-order valence-electron chi connectivity index (χ3n) is 4.64. The molecule has 0 spiro atoms. The van der Waals surface area contributed by atoms with Gasteiger partial charge in [0.25, 0.3) is 0 Å². The van der Waals surface area contributed by atoms with Crippen molar-refractivity contribution >= 4 is 37.3 Å². The minimum Gasteiger partial charge on any atom is -0.296 e. The van der Waals surface area contributed by atoms with Crippen LogP contribution in [0.5, 0.6) is 0 Å². The molecule has 0 bridgehead atoms. The van der Waals surface area contributed by atoms with Gasteiger partial charge in [-0.2, -0.15) is 4.31 Å². The summed E-state index contributed by atoms with van der Waals surface area (Å²) >= 11 is 6.41. The fourth-order valence-electron chi connectivity index (χ4n) is 3.26. The molecule has 11 heteroatoms. The van der Waals surface area contributed by atoms with E-state index < -0.39 is 25.4 Å². The third kappa shape index (κ3) is 6.14. The Hall–Kier alpha value is -1.72. The largest absolute Gasteiger partial charge is 0.296 e. The van der Waals surface area contributed by atoms with Crippen LogP contribution in [0.25, 0.3) is 0 Å². The van der Waals surface area contributed by atoms with Crippen molar-refractivity contribution in [2.45, 2.75) is 16.8 Å². The molecule has 1 fully saturated rings. The Morgan fingerprint density at radius 1 is 1.00 bits per heavy atom. The fourth-order valence-corrected chi connectivity index (χ4v) is 5.75. The van der Waals surface area contributed by atoms with Crippen LogP contribution in [-0.2, 0) is 26.6 Å². The van der Waals surface area contributed by atoms with E-state index in [1.54, 1.807) is 12.1 Å². The van der Waals surface area contributed by atoms with E-state index in [0.717, 1.165) is 11.8 Å². The molecule has 164 valence electrons. The van der Waals surface area contributed by atoms with Gasteiger partial charge in [-0.15, -0.1) is 11.6 Å². The van der Waals surface area contributed by atoms with Crippen molar-refractivity contribution in [3.63, 3.8) is 0 Å². The molecule has 0 aliphatic carbocycles. The second-order valence-corrected chi connectivity index (χ2v) is 11.5. The van der Waals surface area contributed by atoms with Gasteiger partial charge in [-0.25, -0.2) is 21.2 Å². The third-order valence-corrected chi connectivity index (χ3v) is 7.40. The van der Waals surface area contributed by atoms with Crippen molar-refractivity contribution in [2.24, 2.45) is 0 Å². The Morgan fingerprint density at radius 2 is 1.63 bits per heavy atom. The quantitative estimate of drug-likeness (QED) is 0.648. The van der Waals surface area contributed by atoms with Crippen LogP contribution in [-0.4, -0.2) is 63.9 Å². The summed E-state index contributed by atoms with van der Waals surface area (Å²) in [6.07, 6.45) is 1.02. The van der Waals surface area contributed by atoms with Crippen LogP contribution in [0.4, 0.5) is 10.1 Å². The summed E-state index contributed by atoms with van der Waals surface area (Å²) in [4.78, 5) is 2.11. The summed E-state index contributed by atoms with van der Waals surface area (Å²) < 4.78 is 65.5. The highest BCUT2D eigenvalue weighted by atomic mass is 35.5. The number of sulfonamides is 2. The van der Waals surface area contributed by atoms with Crippen molar-refractivity contribution in [1.29, 1.82) is 0 Å². The first-order valence-electron chi connectivity index (χ1n) is 9.22. The van der Waals surface area contributed by atoms with Gasteiger partial charge in [0.15, 0.2) is 0 Å². The van der Waals surface area contributed by atoms with Gasteiger partial charge in [-0.05, 0) is 42.0 Å². The van der Waals surface area contributed by atoms with E-state index in [1.807, 2.05) is 4.90 Å². The normalized spacial score (nSPS) is 19.4. The lowest BCUT2D eigenvalue weighted by molar-refractivity contribution is 0.279. The number of halogens is 2. The summed E-state index contributed by atoms with van der Waals surface area (Å²) in [5, 5.41) is -0.408. The van der Waals surface area contributed by atoms with Gasteiger partial charge in [0, 0.05) is 38.4 Å². The molecule has 30 heavy (non-hydrogen) atoms. The molecule has 1 unspecified atom stereocenters. The molecule has 1 aliphatic rings. The topological polar surface area (TPSA) is 86.8 Å². The van der Waals surface area contributed by atoms with Crippen molar-refractivity contribution < 1.29 is 21.2 Å². The van der Waals surface area contributed by atoms with Crippen LogP contribution in [0, 0.1) is 5.82 Å². The van der Waals surface area contributed by atoms with Crippen molar-refractivity contribution in [1.82, 2.24) is 9.21 Å². The van der Waals surface area contributed by atoms with Crippen LogP contribution < -0.4 is 4.72 Å². The first-order valence-corrected chi connectivity index (χ1v) is 13.0. The molecule has 1 heterocycles. The van der Waals surface area contributed by atoms with E-state index in [9.17, 15) is 21.2 Å². The highest BCUT2D eigenvalue weighted by Crippen LogP contribution is 2.22. The monoisotopic (exact) mass is 475 g/mol. The zero-order valence-corrected chi connectivity index (χ0v) is 18.7. The maximum Gasteiger partial charge on any atom is 0.243 e. The number of anilines is 1. The average Bonchev–Trinajstić information content (AvgIpc) is 2.84. The molecule has 0 radical (unpaired) electrons. The summed E-state index contributed by atoms with van der Waals surface area (Å²) in [7, 11) is -7.23. The van der Waals surface area contributed by atoms with Crippen molar-refractivity contribution in [3.05, 3.63) is 59.9 Å². The Bertz CT molecular complexity index is 1080. The maximum atomic E-state index is 13.1. The lowest BCUT2D eigenvalue weighted by Crippen LogP contribution is -2.36. The van der Waals surface area contributed by atoms with Gasteiger partial charge >= 0.3 is 0 Å². The highest BCUT2D eigenvalue weighted by molar-refractivity contribution is 7.92. The predicted molar refractivity (Wildman–Crippen MR) is 115 cm³/mol. The van der Waals surface area contributed by atoms with E-state index in [1.165, 1.54) is 40.7 Å². The SMILES string of the molecule is CS(=O)(=O)Nc1ccc(S(=O)(=O)N2CCN(Cc3ccc(F)cc3)CC(Cl)C2)cc1. The van der Waals surface area contributed by atoms with E-state index >= 15 is 0 Å². The smallest absolute Gasteiger partial charge is 0.243 e. The van der Waals surface area contributed by atoms with Crippen LogP contribution in [0.2, 0.25) is 0 Å². The first kappa shape index (κ1) is 23.0. The van der Waals surface area contributed by atoms with Gasteiger partial charge in [0.05, 0.1) is 16.5 Å². The lowest BCUT2D eigenvalue weighted by Gasteiger charge is -2.21. The minimum atomic E-state index is -3.79. The number of hydrogen-bond donors (Lipinski definition) is 1. The number of nitrogens with one attached hydrogen (secondary N) is 1. The number of benzene rings is 2. The summed E-state index contributed by atoms with van der Waals surface area (Å²) in [6.45, 7) is 1.95. The Labute approximate surface area is 181 Å². The fraction of sp³-hybridized carbons (Fsp3) is 0.368. The zero-order valence-electron chi connectivity index (χ0n) is 16.3. The molecule has 1 atom stereocenters. The van der Waals surface area contributed by atoms with Crippen LogP contribution in [0.1, 0.15) is 5.56 Å². The molecular weight excluding hydrogens is 453 g/mol. The summed E-state index contributed by atoms with van der Waals surface area (Å²) in [5.74, 6) is -0.306. The van der Waals surface area contributed by atoms with Gasteiger partial charge in [-0.1, -0.05) is 12.1 Å². The molecule has 1 aliphatic heterocycles. The second-order valence-electron chi connectivity index (χ2n) is 7.22. The van der Waals surface area contributed by atoms with E-state index in [4.69, 9.17) is 11.6 Å². The number of hydrogen-bond acceptors (Lipinski definition) is 5. The first-order chi connectivity index (χ1) is 14.0. The molecule has 0 amide bonds. The highest BCUT2D eigenvalue weighted by Gasteiger charge is 2.30. The Morgan fingerprint density at radius 3 is 2.23 bits per heavy atom. The van der Waals surface area contributed by atoms with E-state index in [0.29, 0.717) is 19.6 Å². The molecule has 1 saturated heterocycles. The van der Waals surface area contributed by atoms with Crippen LogP contribution in [0.3, 0.4) is 0 Å². The van der Waals surface area contributed by atoms with Crippen molar-refractivity contribution in [3.8, 4) is 0 Å². The van der Waals surface area contributed by atoms with E-state index in [-0.39, 0.29) is 29.5 Å². The van der Waals surface area contributed by atoms with Gasteiger partial charge in [0.2, 0.25) is 20.0 Å². The Kier molecular flexibility index (Phi) is 7.03. The van der Waals surface area contributed by atoms with Crippen molar-refractivity contribution in [2.75, 3.05) is 37.2 Å². The predicted octanol–water partition coefficient (Wildman–Crippen LogP) is 2.31. The molecule has 0 aromatic heterocycles. The van der Waals surface area contributed by atoms with Crippen LogP contribution in [0.15, 0.2) is 53.4 Å². The van der Waals surface area contributed by atoms with Crippen LogP contribution >= 0.6 is 11.6 Å². The molecule has 7 nitrogen and oxygen atoms in total. The van der Waals surface area contributed by atoms with E-state index in [2.05, 4.69) is 4.72 Å². The molecule has 2 aromatic carbocycles. The standard InChI is InChI=1S/C19H23ClFN3O4S2/c1-29(25,26)22-18-6-8-19(9-7-18)30(27,28)24-11-10-23(13-16(20)14-24)12-15-2-4-17(21)5-3-15/h2-9,16,22H,10-14H2,1H3. The molecule has 3 rings (SSSR count). The molecule has 2 aromatic rings. The molecule has 1 N–H and O–H groups in total. The van der Waals surface area contributed by atoms with Gasteiger partial charge in [0.1, 0.15) is 5.82 Å². The molecular formula is C19H23ClFN3O4S2. The second kappa shape index (κ2) is 9.19. The van der Waals surface area contributed by atoms with Gasteiger partial charge in [-0.3, -0.25) is 9.62 Å². The summed E-state index contributed by atoms with van der Waals surface area (Å²) in [6, 6.07) is 11.7. The molecule has 0 saturated carbocycles. The number of rotatable bonds is 6. The number of alkyl halides is 1. The lowest BCUT2D eigenvalue weighted by atomic mass is 10.2.